The van der Waals surface area contributed by atoms with Crippen molar-refractivity contribution >= 4 is 27.3 Å². The van der Waals surface area contributed by atoms with Gasteiger partial charge in [-0.2, -0.15) is 0 Å². The van der Waals surface area contributed by atoms with E-state index in [0.717, 1.165) is 12.5 Å². The zero-order valence-corrected chi connectivity index (χ0v) is 13.5. The molecule has 0 bridgehead atoms. The van der Waals surface area contributed by atoms with Crippen LogP contribution in [-0.2, 0) is 0 Å². The van der Waals surface area contributed by atoms with Gasteiger partial charge in [-0.3, -0.25) is 0 Å². The third-order valence-electron chi connectivity index (χ3n) is 3.79. The highest BCUT2D eigenvalue weighted by molar-refractivity contribution is 9.11. The molecule has 1 saturated carbocycles. The largest absolute Gasteiger partial charge is 0.309 e. The van der Waals surface area contributed by atoms with Crippen LogP contribution in [0.4, 0.5) is 0 Å². The van der Waals surface area contributed by atoms with E-state index in [1.807, 2.05) is 11.3 Å². The summed E-state index contributed by atoms with van der Waals surface area (Å²) >= 11 is 5.54. The molecule has 0 saturated heterocycles. The van der Waals surface area contributed by atoms with E-state index in [-0.39, 0.29) is 0 Å². The van der Waals surface area contributed by atoms with Crippen molar-refractivity contribution in [1.29, 1.82) is 0 Å². The van der Waals surface area contributed by atoms with Gasteiger partial charge in [0.05, 0.1) is 3.79 Å². The molecule has 1 N–H and O–H groups in total. The monoisotopic (exact) mass is 315 g/mol. The number of nitrogens with one attached hydrogen (secondary N) is 1. The summed E-state index contributed by atoms with van der Waals surface area (Å²) in [5.41, 5.74) is 1.89. The zero-order valence-electron chi connectivity index (χ0n) is 11.1. The molecule has 0 spiro atoms. The Labute approximate surface area is 117 Å². The fourth-order valence-electron chi connectivity index (χ4n) is 2.45. The number of halogens is 1. The summed E-state index contributed by atoms with van der Waals surface area (Å²) in [5, 5.41) is 3.73. The smallest absolute Gasteiger partial charge is 0.0731 e. The lowest BCUT2D eigenvalue weighted by Gasteiger charge is -2.19. The molecule has 1 aromatic heterocycles. The lowest BCUT2D eigenvalue weighted by atomic mass is 10.0. The quantitative estimate of drug-likeness (QED) is 0.814. The van der Waals surface area contributed by atoms with E-state index in [2.05, 4.69) is 55.0 Å². The molecule has 1 fully saturated rings. The van der Waals surface area contributed by atoms with Crippen LogP contribution in [0.3, 0.4) is 0 Å². The van der Waals surface area contributed by atoms with E-state index >= 15 is 0 Å². The van der Waals surface area contributed by atoms with Crippen molar-refractivity contribution < 1.29 is 0 Å². The van der Waals surface area contributed by atoms with Crippen LogP contribution in [0, 0.1) is 18.3 Å². The van der Waals surface area contributed by atoms with Gasteiger partial charge in [0.1, 0.15) is 0 Å². The third kappa shape index (κ3) is 2.94. The van der Waals surface area contributed by atoms with Crippen molar-refractivity contribution in [3.8, 4) is 0 Å². The molecule has 96 valence electrons. The molecule has 17 heavy (non-hydrogen) atoms. The first-order valence-electron chi connectivity index (χ1n) is 6.45. The summed E-state index contributed by atoms with van der Waals surface area (Å²) < 4.78 is 1.29. The Bertz CT molecular complexity index is 377. The second-order valence-electron chi connectivity index (χ2n) is 5.84. The normalized spacial score (nSPS) is 23.7. The Balaban J connectivity index is 2.15. The molecule has 0 amide bonds. The minimum atomic E-state index is 0.524. The molecule has 2 atom stereocenters. The van der Waals surface area contributed by atoms with Crippen LogP contribution in [-0.4, -0.2) is 6.54 Å². The molecular formula is C14H22BrNS. The number of rotatable bonds is 5. The maximum absolute atomic E-state index is 3.73. The average molecular weight is 316 g/mol. The first-order valence-corrected chi connectivity index (χ1v) is 8.06. The summed E-state index contributed by atoms with van der Waals surface area (Å²) in [4.78, 5) is 1.50. The van der Waals surface area contributed by atoms with Gasteiger partial charge in [-0.25, -0.2) is 0 Å². The zero-order chi connectivity index (χ0) is 12.6. The molecule has 3 heteroatoms. The van der Waals surface area contributed by atoms with Gasteiger partial charge in [-0.1, -0.05) is 20.8 Å². The molecule has 0 aliphatic heterocycles. The molecule has 1 aliphatic carbocycles. The molecule has 1 nitrogen and oxygen atoms in total. The van der Waals surface area contributed by atoms with Crippen LogP contribution < -0.4 is 5.32 Å². The average Bonchev–Trinajstić information content (AvgIpc) is 2.73. The lowest BCUT2D eigenvalue weighted by molar-refractivity contribution is 0.421. The molecular weight excluding hydrogens is 294 g/mol. The van der Waals surface area contributed by atoms with Crippen LogP contribution in [0.2, 0.25) is 0 Å². The lowest BCUT2D eigenvalue weighted by Crippen LogP contribution is -2.24. The van der Waals surface area contributed by atoms with Crippen molar-refractivity contribution in [2.45, 2.75) is 46.6 Å². The Hall–Kier alpha value is 0.140. The molecule has 1 aliphatic rings. The second-order valence-corrected chi connectivity index (χ2v) is 8.24. The number of thiophene rings is 1. The Kier molecular flexibility index (Phi) is 4.01. The maximum Gasteiger partial charge on any atom is 0.0731 e. The number of aryl methyl sites for hydroxylation is 1. The molecule has 0 aromatic carbocycles. The van der Waals surface area contributed by atoms with Crippen molar-refractivity contribution in [2.75, 3.05) is 6.54 Å². The first-order chi connectivity index (χ1) is 7.95. The summed E-state index contributed by atoms with van der Waals surface area (Å²) in [7, 11) is 0. The van der Waals surface area contributed by atoms with Crippen molar-refractivity contribution in [3.05, 3.63) is 20.3 Å². The van der Waals surface area contributed by atoms with Gasteiger partial charge in [-0.15, -0.1) is 11.3 Å². The molecule has 1 heterocycles. The summed E-state index contributed by atoms with van der Waals surface area (Å²) in [6.07, 6.45) is 2.55. The molecule has 2 rings (SSSR count). The second kappa shape index (κ2) is 5.02. The standard InChI is InChI=1S/C14H22BrNS/c1-5-6-16-12(10-8-14(10,3)4)11-7-9(2)13(15)17-11/h7,10,12,16H,5-6,8H2,1-4H3. The molecule has 2 unspecified atom stereocenters. The third-order valence-corrected chi connectivity index (χ3v) is 6.01. The fraction of sp³-hybridized carbons (Fsp3) is 0.714. The van der Waals surface area contributed by atoms with Gasteiger partial charge < -0.3 is 5.32 Å². The van der Waals surface area contributed by atoms with Crippen molar-refractivity contribution in [1.82, 2.24) is 5.32 Å². The van der Waals surface area contributed by atoms with E-state index in [4.69, 9.17) is 0 Å². The Morgan fingerprint density at radius 1 is 1.59 bits per heavy atom. The topological polar surface area (TPSA) is 12.0 Å². The van der Waals surface area contributed by atoms with Crippen LogP contribution in [0.5, 0.6) is 0 Å². The van der Waals surface area contributed by atoms with Crippen molar-refractivity contribution in [3.63, 3.8) is 0 Å². The van der Waals surface area contributed by atoms with Gasteiger partial charge >= 0.3 is 0 Å². The van der Waals surface area contributed by atoms with Gasteiger partial charge in [0.2, 0.25) is 0 Å². The Morgan fingerprint density at radius 3 is 2.65 bits per heavy atom. The molecule has 0 radical (unpaired) electrons. The van der Waals surface area contributed by atoms with Crippen LogP contribution in [0.25, 0.3) is 0 Å². The number of hydrogen-bond acceptors (Lipinski definition) is 2. The summed E-state index contributed by atoms with van der Waals surface area (Å²) in [6, 6.07) is 2.90. The van der Waals surface area contributed by atoms with Crippen LogP contribution in [0.15, 0.2) is 9.85 Å². The van der Waals surface area contributed by atoms with Crippen molar-refractivity contribution in [2.24, 2.45) is 11.3 Å². The van der Waals surface area contributed by atoms with Gasteiger partial charge in [0.15, 0.2) is 0 Å². The predicted molar refractivity (Wildman–Crippen MR) is 79.7 cm³/mol. The van der Waals surface area contributed by atoms with Crippen LogP contribution in [0.1, 0.15) is 50.1 Å². The van der Waals surface area contributed by atoms with Gasteiger partial charge in [-0.05, 0) is 65.2 Å². The van der Waals surface area contributed by atoms with E-state index < -0.39 is 0 Å². The SMILES string of the molecule is CCCNC(c1cc(C)c(Br)s1)C1CC1(C)C. The van der Waals surface area contributed by atoms with E-state index in [1.165, 1.54) is 27.1 Å². The first kappa shape index (κ1) is 13.6. The minimum absolute atomic E-state index is 0.524. The molecule has 1 aromatic rings. The summed E-state index contributed by atoms with van der Waals surface area (Å²) in [6.45, 7) is 10.3. The fourth-order valence-corrected chi connectivity index (χ4v) is 4.17. The van der Waals surface area contributed by atoms with Gasteiger partial charge in [0, 0.05) is 10.9 Å². The van der Waals surface area contributed by atoms with E-state index in [1.54, 1.807) is 0 Å². The summed E-state index contributed by atoms with van der Waals surface area (Å²) in [5.74, 6) is 0.805. The van der Waals surface area contributed by atoms with E-state index in [0.29, 0.717) is 11.5 Å². The number of hydrogen-bond donors (Lipinski definition) is 1. The van der Waals surface area contributed by atoms with Gasteiger partial charge in [0.25, 0.3) is 0 Å². The minimum Gasteiger partial charge on any atom is -0.309 e. The maximum atomic E-state index is 3.73. The Morgan fingerprint density at radius 2 is 2.24 bits per heavy atom. The highest BCUT2D eigenvalue weighted by atomic mass is 79.9. The van der Waals surface area contributed by atoms with E-state index in [9.17, 15) is 0 Å². The predicted octanol–water partition coefficient (Wildman–Crippen LogP) is 4.91. The highest BCUT2D eigenvalue weighted by Gasteiger charge is 2.50. The highest BCUT2D eigenvalue weighted by Crippen LogP contribution is 2.58. The van der Waals surface area contributed by atoms with Crippen LogP contribution >= 0.6 is 27.3 Å².